The van der Waals surface area contributed by atoms with Crippen LogP contribution in [0.5, 0.6) is 5.75 Å². The van der Waals surface area contributed by atoms with E-state index in [1.165, 1.54) is 12.0 Å². The zero-order valence-electron chi connectivity index (χ0n) is 18.1. The van der Waals surface area contributed by atoms with Crippen LogP contribution >= 0.6 is 23.2 Å². The summed E-state index contributed by atoms with van der Waals surface area (Å²) in [6.45, 7) is 3.63. The van der Waals surface area contributed by atoms with Gasteiger partial charge >= 0.3 is 0 Å². The van der Waals surface area contributed by atoms with Crippen molar-refractivity contribution < 1.29 is 24.2 Å². The number of carbonyl (C=O) groups excluding carboxylic acids is 2. The van der Waals surface area contributed by atoms with Crippen LogP contribution in [0.2, 0.25) is 10.0 Å². The minimum atomic E-state index is -0.835. The number of hydrogen-bond donors (Lipinski definition) is 1. The van der Waals surface area contributed by atoms with E-state index in [0.717, 1.165) is 13.1 Å². The van der Waals surface area contributed by atoms with E-state index in [0.29, 0.717) is 53.2 Å². The summed E-state index contributed by atoms with van der Waals surface area (Å²) in [5, 5.41) is 11.9. The number of Topliss-reactive ketones (excluding diaryl/α,β-unsaturated/α-hetero) is 1. The molecule has 4 rings (SSSR count). The highest BCUT2D eigenvalue weighted by Gasteiger charge is 2.46. The van der Waals surface area contributed by atoms with Gasteiger partial charge in [0.2, 0.25) is 0 Å². The van der Waals surface area contributed by atoms with E-state index in [9.17, 15) is 14.7 Å². The molecule has 2 aromatic carbocycles. The van der Waals surface area contributed by atoms with E-state index in [4.69, 9.17) is 32.7 Å². The molecule has 2 saturated heterocycles. The number of benzene rings is 2. The minimum Gasteiger partial charge on any atom is -0.507 e. The molecule has 33 heavy (non-hydrogen) atoms. The van der Waals surface area contributed by atoms with E-state index in [-0.39, 0.29) is 11.3 Å². The van der Waals surface area contributed by atoms with E-state index in [2.05, 4.69) is 4.90 Å². The fourth-order valence-corrected chi connectivity index (χ4v) is 4.65. The number of aliphatic hydroxyl groups excluding tert-OH is 1. The molecule has 174 valence electrons. The molecule has 2 aliphatic rings. The third-order valence-electron chi connectivity index (χ3n) is 5.92. The normalized spacial score (nSPS) is 20.9. The van der Waals surface area contributed by atoms with Gasteiger partial charge in [0.05, 0.1) is 31.9 Å². The quantitative estimate of drug-likeness (QED) is 0.377. The summed E-state index contributed by atoms with van der Waals surface area (Å²) in [7, 11) is 1.54. The SMILES string of the molecule is COc1ccc(/C(O)=C2/C(=O)C(=O)N(CCN3CCOCC3)C2c2ccc(Cl)cc2Cl)cc1. The Labute approximate surface area is 202 Å². The molecule has 1 N–H and O–H groups in total. The van der Waals surface area contributed by atoms with Crippen LogP contribution in [0.15, 0.2) is 48.0 Å². The van der Waals surface area contributed by atoms with Crippen molar-refractivity contribution in [2.75, 3.05) is 46.5 Å². The number of ether oxygens (including phenoxy) is 2. The summed E-state index contributed by atoms with van der Waals surface area (Å²) in [5.41, 5.74) is 0.922. The number of carbonyl (C=O) groups is 2. The predicted octanol–water partition coefficient (Wildman–Crippen LogP) is 3.76. The van der Waals surface area contributed by atoms with E-state index in [1.807, 2.05) is 0 Å². The Morgan fingerprint density at radius 2 is 1.79 bits per heavy atom. The smallest absolute Gasteiger partial charge is 0.295 e. The molecule has 2 heterocycles. The molecule has 0 saturated carbocycles. The Hall–Kier alpha value is -2.58. The molecule has 2 fully saturated rings. The van der Waals surface area contributed by atoms with Crippen LogP contribution in [0, 0.1) is 0 Å². The summed E-state index contributed by atoms with van der Waals surface area (Å²) in [6, 6.07) is 10.7. The van der Waals surface area contributed by atoms with Crippen molar-refractivity contribution in [1.82, 2.24) is 9.80 Å². The number of aliphatic hydroxyl groups is 1. The van der Waals surface area contributed by atoms with Crippen LogP contribution in [-0.2, 0) is 14.3 Å². The molecule has 0 bridgehead atoms. The van der Waals surface area contributed by atoms with E-state index < -0.39 is 17.7 Å². The van der Waals surface area contributed by atoms with Crippen LogP contribution < -0.4 is 4.74 Å². The number of halogens is 2. The van der Waals surface area contributed by atoms with Crippen LogP contribution in [0.4, 0.5) is 0 Å². The molecule has 0 radical (unpaired) electrons. The lowest BCUT2D eigenvalue weighted by Crippen LogP contribution is -2.42. The van der Waals surface area contributed by atoms with Gasteiger partial charge in [0.1, 0.15) is 11.5 Å². The third kappa shape index (κ3) is 4.87. The molecule has 7 nitrogen and oxygen atoms in total. The fraction of sp³-hybridized carbons (Fsp3) is 0.333. The molecule has 2 aromatic rings. The molecule has 2 aliphatic heterocycles. The average Bonchev–Trinajstić information content (AvgIpc) is 3.07. The van der Waals surface area contributed by atoms with Crippen molar-refractivity contribution in [3.05, 3.63) is 69.2 Å². The predicted molar refractivity (Wildman–Crippen MR) is 126 cm³/mol. The van der Waals surface area contributed by atoms with Gasteiger partial charge in [-0.25, -0.2) is 0 Å². The second kappa shape index (κ2) is 10.1. The first-order valence-corrected chi connectivity index (χ1v) is 11.3. The van der Waals surface area contributed by atoms with Gasteiger partial charge in [-0.15, -0.1) is 0 Å². The zero-order valence-corrected chi connectivity index (χ0v) is 19.6. The van der Waals surface area contributed by atoms with Crippen molar-refractivity contribution in [2.45, 2.75) is 6.04 Å². The maximum atomic E-state index is 13.1. The second-order valence-electron chi connectivity index (χ2n) is 7.84. The average molecular weight is 491 g/mol. The number of likely N-dealkylation sites (tertiary alicyclic amines) is 1. The Kier molecular flexibility index (Phi) is 7.24. The van der Waals surface area contributed by atoms with Crippen molar-refractivity contribution in [3.8, 4) is 5.75 Å². The van der Waals surface area contributed by atoms with Gasteiger partial charge in [-0.3, -0.25) is 14.5 Å². The highest BCUT2D eigenvalue weighted by Crippen LogP contribution is 2.42. The van der Waals surface area contributed by atoms with Gasteiger partial charge in [-0.05, 0) is 42.0 Å². The maximum Gasteiger partial charge on any atom is 0.295 e. The zero-order chi connectivity index (χ0) is 23.5. The molecule has 1 amide bonds. The number of amides is 1. The summed E-state index contributed by atoms with van der Waals surface area (Å²) < 4.78 is 10.6. The van der Waals surface area contributed by atoms with Crippen LogP contribution in [0.3, 0.4) is 0 Å². The summed E-state index contributed by atoms with van der Waals surface area (Å²) in [5.74, 6) is -1.08. The lowest BCUT2D eigenvalue weighted by atomic mass is 9.95. The first-order valence-electron chi connectivity index (χ1n) is 10.6. The minimum absolute atomic E-state index is 0.00336. The number of nitrogens with zero attached hydrogens (tertiary/aromatic N) is 2. The third-order valence-corrected chi connectivity index (χ3v) is 6.48. The monoisotopic (exact) mass is 490 g/mol. The van der Waals surface area contributed by atoms with Crippen molar-refractivity contribution in [3.63, 3.8) is 0 Å². The largest absolute Gasteiger partial charge is 0.507 e. The first-order chi connectivity index (χ1) is 15.9. The molecular weight excluding hydrogens is 467 g/mol. The molecular formula is C24H24Cl2N2O5. The fourth-order valence-electron chi connectivity index (χ4n) is 4.14. The number of ketones is 1. The topological polar surface area (TPSA) is 79.3 Å². The van der Waals surface area contributed by atoms with Crippen molar-refractivity contribution in [2.24, 2.45) is 0 Å². The number of hydrogen-bond acceptors (Lipinski definition) is 6. The lowest BCUT2D eigenvalue weighted by Gasteiger charge is -2.31. The van der Waals surface area contributed by atoms with Crippen LogP contribution in [0.25, 0.3) is 5.76 Å². The summed E-state index contributed by atoms with van der Waals surface area (Å²) >= 11 is 12.6. The van der Waals surface area contributed by atoms with Gasteiger partial charge in [0, 0.05) is 41.8 Å². The number of rotatable bonds is 6. The second-order valence-corrected chi connectivity index (χ2v) is 8.68. The molecule has 0 aromatic heterocycles. The Morgan fingerprint density at radius 1 is 1.09 bits per heavy atom. The standard InChI is InChI=1S/C24H24Cl2N2O5/c1-32-17-5-2-15(3-6-17)22(29)20-21(18-7-4-16(25)14-19(18)26)28(24(31)23(20)30)9-8-27-10-12-33-13-11-27/h2-7,14,21,29H,8-13H2,1H3/b22-20-. The van der Waals surface area contributed by atoms with Gasteiger partial charge < -0.3 is 19.5 Å². The highest BCUT2D eigenvalue weighted by atomic mass is 35.5. The summed E-state index contributed by atoms with van der Waals surface area (Å²) in [4.78, 5) is 29.9. The van der Waals surface area contributed by atoms with E-state index >= 15 is 0 Å². The molecule has 1 atom stereocenters. The van der Waals surface area contributed by atoms with E-state index in [1.54, 1.807) is 42.5 Å². The van der Waals surface area contributed by atoms with Crippen LogP contribution in [-0.4, -0.2) is 73.1 Å². The van der Waals surface area contributed by atoms with Gasteiger partial charge in [0.15, 0.2) is 0 Å². The lowest BCUT2D eigenvalue weighted by molar-refractivity contribution is -0.140. The highest BCUT2D eigenvalue weighted by molar-refractivity contribution is 6.47. The molecule has 9 heteroatoms. The van der Waals surface area contributed by atoms with Crippen molar-refractivity contribution >= 4 is 40.7 Å². The number of methoxy groups -OCH3 is 1. The molecule has 0 spiro atoms. The number of morpholine rings is 1. The maximum absolute atomic E-state index is 13.1. The Bertz CT molecular complexity index is 1080. The van der Waals surface area contributed by atoms with Gasteiger partial charge in [-0.1, -0.05) is 29.3 Å². The Morgan fingerprint density at radius 3 is 2.42 bits per heavy atom. The Balaban J connectivity index is 1.76. The summed E-state index contributed by atoms with van der Waals surface area (Å²) in [6.07, 6.45) is 0. The first kappa shape index (κ1) is 23.6. The van der Waals surface area contributed by atoms with Gasteiger partial charge in [-0.2, -0.15) is 0 Å². The molecule has 1 unspecified atom stereocenters. The molecule has 0 aliphatic carbocycles. The van der Waals surface area contributed by atoms with Crippen molar-refractivity contribution in [1.29, 1.82) is 0 Å². The van der Waals surface area contributed by atoms with Crippen LogP contribution in [0.1, 0.15) is 17.2 Å². The van der Waals surface area contributed by atoms with Gasteiger partial charge in [0.25, 0.3) is 11.7 Å².